The SMILES string of the molecule is C=C(C)C(=O)OCC1(C)CSC(=S)SC1. The highest BCUT2D eigenvalue weighted by atomic mass is 32.2. The Morgan fingerprint density at radius 1 is 1.60 bits per heavy atom. The highest BCUT2D eigenvalue weighted by Crippen LogP contribution is 2.37. The molecule has 0 radical (unpaired) electrons. The molecule has 84 valence electrons. The van der Waals surface area contributed by atoms with E-state index in [-0.39, 0.29) is 11.4 Å². The predicted molar refractivity (Wildman–Crippen MR) is 71.4 cm³/mol. The molecule has 0 aromatic heterocycles. The topological polar surface area (TPSA) is 26.3 Å². The molecule has 0 unspecified atom stereocenters. The van der Waals surface area contributed by atoms with Gasteiger partial charge in [0.15, 0.2) is 0 Å². The second kappa shape index (κ2) is 5.37. The van der Waals surface area contributed by atoms with Gasteiger partial charge in [-0.05, 0) is 6.92 Å². The maximum Gasteiger partial charge on any atom is 0.333 e. The average Bonchev–Trinajstić information content (AvgIpc) is 2.19. The molecule has 2 nitrogen and oxygen atoms in total. The first-order valence-corrected chi connectivity index (χ1v) is 6.93. The van der Waals surface area contributed by atoms with Gasteiger partial charge < -0.3 is 4.74 Å². The van der Waals surface area contributed by atoms with E-state index in [9.17, 15) is 4.79 Å². The highest BCUT2D eigenvalue weighted by Gasteiger charge is 2.31. The number of carbonyl (C=O) groups is 1. The van der Waals surface area contributed by atoms with Crippen molar-refractivity contribution in [2.45, 2.75) is 13.8 Å². The quantitative estimate of drug-likeness (QED) is 0.443. The van der Waals surface area contributed by atoms with Crippen LogP contribution in [0, 0.1) is 5.41 Å². The van der Waals surface area contributed by atoms with Gasteiger partial charge in [0.25, 0.3) is 0 Å². The number of hydrogen-bond acceptors (Lipinski definition) is 5. The van der Waals surface area contributed by atoms with Crippen molar-refractivity contribution >= 4 is 45.2 Å². The van der Waals surface area contributed by atoms with Crippen LogP contribution in [0.2, 0.25) is 0 Å². The van der Waals surface area contributed by atoms with Crippen molar-refractivity contribution < 1.29 is 9.53 Å². The standard InChI is InChI=1S/C10H14O2S3/c1-7(2)8(11)12-4-10(3)5-14-9(13)15-6-10/h1,4-6H2,2-3H3. The summed E-state index contributed by atoms with van der Waals surface area (Å²) in [6.07, 6.45) is 0. The molecule has 0 N–H and O–H groups in total. The molecule has 0 aliphatic carbocycles. The minimum Gasteiger partial charge on any atom is -0.462 e. The van der Waals surface area contributed by atoms with Crippen LogP contribution in [0.1, 0.15) is 13.8 Å². The number of ether oxygens (including phenoxy) is 1. The van der Waals surface area contributed by atoms with E-state index < -0.39 is 0 Å². The Morgan fingerprint density at radius 2 is 2.13 bits per heavy atom. The Hall–Kier alpha value is -0.000000000000000111. The van der Waals surface area contributed by atoms with E-state index in [1.807, 2.05) is 0 Å². The summed E-state index contributed by atoms with van der Waals surface area (Å²) < 4.78 is 6.16. The Bertz CT molecular complexity index is 289. The number of thioether (sulfide) groups is 2. The minimum absolute atomic E-state index is 0.0305. The van der Waals surface area contributed by atoms with Gasteiger partial charge >= 0.3 is 5.97 Å². The van der Waals surface area contributed by atoms with Gasteiger partial charge in [0, 0.05) is 22.5 Å². The lowest BCUT2D eigenvalue weighted by molar-refractivity contribution is -0.141. The van der Waals surface area contributed by atoms with Crippen molar-refractivity contribution in [3.8, 4) is 0 Å². The van der Waals surface area contributed by atoms with E-state index >= 15 is 0 Å². The molecule has 1 aliphatic heterocycles. The molecular weight excluding hydrogens is 248 g/mol. The fourth-order valence-electron chi connectivity index (χ4n) is 0.996. The van der Waals surface area contributed by atoms with E-state index in [0.717, 1.165) is 15.0 Å². The average molecular weight is 262 g/mol. The molecule has 15 heavy (non-hydrogen) atoms. The second-order valence-electron chi connectivity index (χ2n) is 3.99. The van der Waals surface area contributed by atoms with Crippen molar-refractivity contribution in [3.05, 3.63) is 12.2 Å². The third kappa shape index (κ3) is 4.17. The van der Waals surface area contributed by atoms with E-state index in [0.29, 0.717) is 12.2 Å². The van der Waals surface area contributed by atoms with E-state index in [2.05, 4.69) is 13.5 Å². The number of thiocarbonyl (C=S) groups is 1. The van der Waals surface area contributed by atoms with Gasteiger partial charge in [0.05, 0.1) is 6.61 Å². The molecule has 0 amide bonds. The first-order valence-electron chi connectivity index (χ1n) is 4.55. The minimum atomic E-state index is -0.306. The monoisotopic (exact) mass is 262 g/mol. The molecule has 5 heteroatoms. The molecule has 1 saturated heterocycles. The molecular formula is C10H14O2S3. The first-order chi connectivity index (χ1) is 6.93. The molecule has 0 atom stereocenters. The van der Waals surface area contributed by atoms with Gasteiger partial charge in [-0.3, -0.25) is 0 Å². The normalized spacial score (nSPS) is 19.7. The Balaban J connectivity index is 2.40. The summed E-state index contributed by atoms with van der Waals surface area (Å²) in [5.41, 5.74) is 0.480. The number of esters is 1. The van der Waals surface area contributed by atoms with Crippen LogP contribution in [0.5, 0.6) is 0 Å². The van der Waals surface area contributed by atoms with Gasteiger partial charge in [-0.2, -0.15) is 0 Å². The van der Waals surface area contributed by atoms with Crippen molar-refractivity contribution in [2.75, 3.05) is 18.1 Å². The van der Waals surface area contributed by atoms with Gasteiger partial charge in [-0.15, -0.1) is 23.5 Å². The third-order valence-electron chi connectivity index (χ3n) is 1.98. The number of carbonyl (C=O) groups excluding carboxylic acids is 1. The molecule has 0 bridgehead atoms. The Labute approximate surface area is 104 Å². The lowest BCUT2D eigenvalue weighted by Gasteiger charge is -2.31. The molecule has 1 rings (SSSR count). The summed E-state index contributed by atoms with van der Waals surface area (Å²) in [6.45, 7) is 7.76. The molecule has 1 aliphatic rings. The second-order valence-corrected chi connectivity index (χ2v) is 7.15. The largest absolute Gasteiger partial charge is 0.462 e. The summed E-state index contributed by atoms with van der Waals surface area (Å²) in [5.74, 6) is 1.53. The van der Waals surface area contributed by atoms with Crippen LogP contribution in [0.3, 0.4) is 0 Å². The molecule has 1 heterocycles. The zero-order valence-corrected chi connectivity index (χ0v) is 11.3. The van der Waals surface area contributed by atoms with Gasteiger partial charge in [-0.25, -0.2) is 4.79 Å². The molecule has 1 fully saturated rings. The van der Waals surface area contributed by atoms with Gasteiger partial charge in [0.1, 0.15) is 3.53 Å². The van der Waals surface area contributed by atoms with Crippen LogP contribution in [0.4, 0.5) is 0 Å². The van der Waals surface area contributed by atoms with Crippen molar-refractivity contribution in [1.82, 2.24) is 0 Å². The molecule has 0 aromatic carbocycles. The fraction of sp³-hybridized carbons (Fsp3) is 0.600. The summed E-state index contributed by atoms with van der Waals surface area (Å²) in [4.78, 5) is 11.2. The van der Waals surface area contributed by atoms with Gasteiger partial charge in [-0.1, -0.05) is 25.7 Å². The third-order valence-corrected chi connectivity index (χ3v) is 5.55. The summed E-state index contributed by atoms with van der Waals surface area (Å²) in [5, 5.41) is 0. The zero-order chi connectivity index (χ0) is 11.5. The van der Waals surface area contributed by atoms with Crippen molar-refractivity contribution in [1.29, 1.82) is 0 Å². The van der Waals surface area contributed by atoms with Crippen LogP contribution in [0.25, 0.3) is 0 Å². The van der Waals surface area contributed by atoms with E-state index in [1.165, 1.54) is 0 Å². The fourth-order valence-corrected chi connectivity index (χ4v) is 3.47. The lowest BCUT2D eigenvalue weighted by atomic mass is 9.97. The van der Waals surface area contributed by atoms with E-state index in [4.69, 9.17) is 17.0 Å². The molecule has 0 saturated carbocycles. The summed E-state index contributed by atoms with van der Waals surface area (Å²) >= 11 is 8.42. The Kier molecular flexibility index (Phi) is 4.67. The smallest absolute Gasteiger partial charge is 0.333 e. The predicted octanol–water partition coefficient (Wildman–Crippen LogP) is 2.88. The van der Waals surface area contributed by atoms with E-state index in [1.54, 1.807) is 30.4 Å². The number of rotatable bonds is 3. The maximum absolute atomic E-state index is 11.2. The first kappa shape index (κ1) is 13.1. The molecule has 0 aromatic rings. The van der Waals surface area contributed by atoms with Crippen LogP contribution in [-0.4, -0.2) is 27.6 Å². The number of hydrogen-bond donors (Lipinski definition) is 0. The van der Waals surface area contributed by atoms with Crippen LogP contribution >= 0.6 is 35.7 Å². The van der Waals surface area contributed by atoms with Crippen molar-refractivity contribution in [3.63, 3.8) is 0 Å². The molecule has 0 spiro atoms. The van der Waals surface area contributed by atoms with Gasteiger partial charge in [0.2, 0.25) is 0 Å². The van der Waals surface area contributed by atoms with Crippen LogP contribution < -0.4 is 0 Å². The lowest BCUT2D eigenvalue weighted by Crippen LogP contribution is -2.33. The summed E-state index contributed by atoms with van der Waals surface area (Å²) in [6, 6.07) is 0. The zero-order valence-electron chi connectivity index (χ0n) is 8.87. The van der Waals surface area contributed by atoms with Crippen molar-refractivity contribution in [2.24, 2.45) is 5.41 Å². The Morgan fingerprint density at radius 3 is 2.60 bits per heavy atom. The maximum atomic E-state index is 11.2. The highest BCUT2D eigenvalue weighted by molar-refractivity contribution is 8.47. The van der Waals surface area contributed by atoms with Crippen LogP contribution in [-0.2, 0) is 9.53 Å². The summed E-state index contributed by atoms with van der Waals surface area (Å²) in [7, 11) is 0. The van der Waals surface area contributed by atoms with Crippen LogP contribution in [0.15, 0.2) is 12.2 Å².